The Hall–Kier alpha value is -2.44. The highest BCUT2D eigenvalue weighted by molar-refractivity contribution is 5.96. The summed E-state index contributed by atoms with van der Waals surface area (Å²) >= 11 is 0. The Bertz CT molecular complexity index is 494. The van der Waals surface area contributed by atoms with Crippen molar-refractivity contribution in [1.29, 1.82) is 0 Å². The number of benzene rings is 1. The van der Waals surface area contributed by atoms with Crippen molar-refractivity contribution < 1.29 is 29.6 Å². The predicted molar refractivity (Wildman–Crippen MR) is 66.6 cm³/mol. The molecule has 0 spiro atoms. The van der Waals surface area contributed by atoms with E-state index in [-0.39, 0.29) is 5.69 Å². The third kappa shape index (κ3) is 4.06. The van der Waals surface area contributed by atoms with Crippen LogP contribution in [0.5, 0.6) is 11.5 Å². The maximum Gasteiger partial charge on any atom is 0.412 e. The molecule has 0 atom stereocenters. The van der Waals surface area contributed by atoms with E-state index in [1.165, 1.54) is 0 Å². The molecule has 0 unspecified atom stereocenters. The van der Waals surface area contributed by atoms with Gasteiger partial charge in [0, 0.05) is 12.1 Å². The highest BCUT2D eigenvalue weighted by atomic mass is 16.6. The molecule has 104 valence electrons. The predicted octanol–water partition coefficient (Wildman–Crippen LogP) is 2.14. The minimum Gasteiger partial charge on any atom is -0.507 e. The van der Waals surface area contributed by atoms with Gasteiger partial charge in [-0.25, -0.2) is 9.59 Å². The second-order valence-electron chi connectivity index (χ2n) is 4.82. The number of anilines is 1. The van der Waals surface area contributed by atoms with Gasteiger partial charge in [0.1, 0.15) is 22.7 Å². The second-order valence-corrected chi connectivity index (χ2v) is 4.82. The van der Waals surface area contributed by atoms with Gasteiger partial charge in [0.05, 0.1) is 5.69 Å². The highest BCUT2D eigenvalue weighted by Gasteiger charge is 2.19. The topological polar surface area (TPSA) is 116 Å². The van der Waals surface area contributed by atoms with Gasteiger partial charge in [-0.2, -0.15) is 0 Å². The van der Waals surface area contributed by atoms with Crippen LogP contribution in [0.15, 0.2) is 12.1 Å². The molecule has 0 saturated heterocycles. The van der Waals surface area contributed by atoms with Gasteiger partial charge in [-0.15, -0.1) is 0 Å². The van der Waals surface area contributed by atoms with E-state index in [1.807, 2.05) is 0 Å². The largest absolute Gasteiger partial charge is 0.507 e. The Labute approximate surface area is 109 Å². The molecule has 0 fully saturated rings. The van der Waals surface area contributed by atoms with Crippen LogP contribution in [-0.2, 0) is 4.74 Å². The Balaban J connectivity index is 2.93. The van der Waals surface area contributed by atoms with Gasteiger partial charge >= 0.3 is 12.1 Å². The summed E-state index contributed by atoms with van der Waals surface area (Å²) < 4.78 is 4.97. The van der Waals surface area contributed by atoms with Crippen LogP contribution in [0.1, 0.15) is 31.1 Å². The fraction of sp³-hybridized carbons (Fsp3) is 0.333. The molecule has 1 amide bonds. The first kappa shape index (κ1) is 14.6. The molecule has 0 saturated carbocycles. The van der Waals surface area contributed by atoms with Crippen molar-refractivity contribution in [3.8, 4) is 11.5 Å². The van der Waals surface area contributed by atoms with Gasteiger partial charge in [-0.3, -0.25) is 5.32 Å². The van der Waals surface area contributed by atoms with Crippen molar-refractivity contribution in [3.63, 3.8) is 0 Å². The van der Waals surface area contributed by atoms with Gasteiger partial charge in [-0.1, -0.05) is 0 Å². The van der Waals surface area contributed by atoms with E-state index in [2.05, 4.69) is 5.32 Å². The minimum atomic E-state index is -1.47. The summed E-state index contributed by atoms with van der Waals surface area (Å²) in [7, 11) is 0. The molecule has 0 aliphatic heterocycles. The molecule has 0 heterocycles. The van der Waals surface area contributed by atoms with Crippen LogP contribution < -0.4 is 5.32 Å². The van der Waals surface area contributed by atoms with E-state index in [0.717, 1.165) is 12.1 Å². The molecule has 1 aromatic rings. The normalized spacial score (nSPS) is 10.9. The fourth-order valence-electron chi connectivity index (χ4n) is 1.32. The molecule has 0 radical (unpaired) electrons. The van der Waals surface area contributed by atoms with Crippen LogP contribution in [-0.4, -0.2) is 33.0 Å². The molecule has 0 bridgehead atoms. The van der Waals surface area contributed by atoms with Crippen LogP contribution in [0, 0.1) is 0 Å². The lowest BCUT2D eigenvalue weighted by atomic mass is 10.1. The molecular weight excluding hydrogens is 254 g/mol. The summed E-state index contributed by atoms with van der Waals surface area (Å²) in [4.78, 5) is 22.2. The molecule has 1 rings (SSSR count). The van der Waals surface area contributed by atoms with Crippen molar-refractivity contribution in [2.24, 2.45) is 0 Å². The number of carbonyl (C=O) groups excluding carboxylic acids is 1. The average Bonchev–Trinajstić information content (AvgIpc) is 2.10. The van der Waals surface area contributed by atoms with Crippen molar-refractivity contribution in [2.45, 2.75) is 26.4 Å². The second kappa shape index (κ2) is 5.05. The number of aromatic hydroxyl groups is 2. The minimum absolute atomic E-state index is 0.0225. The molecular formula is C12H15NO6. The number of carbonyl (C=O) groups is 2. The highest BCUT2D eigenvalue weighted by Crippen LogP contribution is 2.31. The summed E-state index contributed by atoms with van der Waals surface area (Å²) in [6.07, 6.45) is -0.783. The van der Waals surface area contributed by atoms with Crippen LogP contribution in [0.25, 0.3) is 0 Å². The summed E-state index contributed by atoms with van der Waals surface area (Å²) in [6.45, 7) is 5.03. The van der Waals surface area contributed by atoms with Crippen LogP contribution >= 0.6 is 0 Å². The summed E-state index contributed by atoms with van der Waals surface area (Å²) in [6, 6.07) is 2.01. The maximum absolute atomic E-state index is 11.5. The van der Waals surface area contributed by atoms with Crippen molar-refractivity contribution >= 4 is 17.7 Å². The third-order valence-corrected chi connectivity index (χ3v) is 1.96. The van der Waals surface area contributed by atoms with E-state index >= 15 is 0 Å². The molecule has 19 heavy (non-hydrogen) atoms. The smallest absolute Gasteiger partial charge is 0.412 e. The van der Waals surface area contributed by atoms with Crippen molar-refractivity contribution in [1.82, 2.24) is 0 Å². The Morgan fingerprint density at radius 3 is 2.00 bits per heavy atom. The van der Waals surface area contributed by atoms with Crippen LogP contribution in [0.2, 0.25) is 0 Å². The monoisotopic (exact) mass is 269 g/mol. The summed E-state index contributed by atoms with van der Waals surface area (Å²) in [5.74, 6) is -2.78. The molecule has 7 heteroatoms. The number of phenols is 2. The SMILES string of the molecule is CC(C)(C)OC(=O)Nc1cc(O)c(C(=O)O)c(O)c1. The molecule has 1 aromatic carbocycles. The molecule has 0 aromatic heterocycles. The van der Waals surface area contributed by atoms with E-state index in [4.69, 9.17) is 9.84 Å². The first-order valence-electron chi connectivity index (χ1n) is 5.39. The lowest BCUT2D eigenvalue weighted by Gasteiger charge is -2.19. The molecule has 7 nitrogen and oxygen atoms in total. The Morgan fingerprint density at radius 2 is 1.63 bits per heavy atom. The summed E-state index contributed by atoms with van der Waals surface area (Å²) in [5, 5.41) is 29.9. The number of amides is 1. The number of hydrogen-bond donors (Lipinski definition) is 4. The van der Waals surface area contributed by atoms with Crippen molar-refractivity contribution in [3.05, 3.63) is 17.7 Å². The molecule has 0 aliphatic rings. The maximum atomic E-state index is 11.5. The fourth-order valence-corrected chi connectivity index (χ4v) is 1.32. The number of rotatable bonds is 2. The zero-order valence-corrected chi connectivity index (χ0v) is 10.7. The molecule has 4 N–H and O–H groups in total. The lowest BCUT2D eigenvalue weighted by Crippen LogP contribution is -2.27. The van der Waals surface area contributed by atoms with Gasteiger partial charge in [0.15, 0.2) is 0 Å². The van der Waals surface area contributed by atoms with Gasteiger partial charge in [-0.05, 0) is 20.8 Å². The first-order valence-corrected chi connectivity index (χ1v) is 5.39. The van der Waals surface area contributed by atoms with Gasteiger partial charge in [0.25, 0.3) is 0 Å². The Kier molecular flexibility index (Phi) is 3.89. The lowest BCUT2D eigenvalue weighted by molar-refractivity contribution is 0.0634. The third-order valence-electron chi connectivity index (χ3n) is 1.96. The number of carboxylic acids is 1. The number of carboxylic acid groups (broad SMARTS) is 1. The first-order chi connectivity index (χ1) is 8.60. The average molecular weight is 269 g/mol. The quantitative estimate of drug-likeness (QED) is 0.653. The van der Waals surface area contributed by atoms with Crippen molar-refractivity contribution in [2.75, 3.05) is 5.32 Å². The van der Waals surface area contributed by atoms with E-state index in [9.17, 15) is 19.8 Å². The Morgan fingerprint density at radius 1 is 1.16 bits per heavy atom. The van der Waals surface area contributed by atoms with E-state index in [1.54, 1.807) is 20.8 Å². The summed E-state index contributed by atoms with van der Waals surface area (Å²) in [5.41, 5.74) is -1.31. The van der Waals surface area contributed by atoms with Crippen LogP contribution in [0.4, 0.5) is 10.5 Å². The standard InChI is InChI=1S/C12H15NO6/c1-12(2,3)19-11(18)13-6-4-7(14)9(10(16)17)8(15)5-6/h4-5,14-15H,1-3H3,(H,13,18)(H,16,17). The zero-order chi connectivity index (χ0) is 14.8. The number of hydrogen-bond acceptors (Lipinski definition) is 5. The number of ether oxygens (including phenoxy) is 1. The number of aromatic carboxylic acids is 1. The van der Waals surface area contributed by atoms with Gasteiger partial charge in [0.2, 0.25) is 0 Å². The van der Waals surface area contributed by atoms with Gasteiger partial charge < -0.3 is 20.1 Å². The molecule has 0 aliphatic carbocycles. The van der Waals surface area contributed by atoms with E-state index in [0.29, 0.717) is 0 Å². The van der Waals surface area contributed by atoms with Crippen LogP contribution in [0.3, 0.4) is 0 Å². The number of nitrogens with one attached hydrogen (secondary N) is 1. The van der Waals surface area contributed by atoms with E-state index < -0.39 is 34.7 Å². The zero-order valence-electron chi connectivity index (χ0n) is 10.7.